The predicted molar refractivity (Wildman–Crippen MR) is 147 cm³/mol. The van der Waals surface area contributed by atoms with E-state index < -0.39 is 0 Å². The maximum absolute atomic E-state index is 11.4. The fourth-order valence-electron chi connectivity index (χ4n) is 3.72. The molecule has 3 atom stereocenters. The Morgan fingerprint density at radius 1 is 1.17 bits per heavy atom. The van der Waals surface area contributed by atoms with Crippen molar-refractivity contribution in [2.75, 3.05) is 51.0 Å². The first-order valence-corrected chi connectivity index (χ1v) is 14.3. The quantitative estimate of drug-likeness (QED) is 0.0885. The smallest absolute Gasteiger partial charge is 0.315 e. The van der Waals surface area contributed by atoms with Gasteiger partial charge in [-0.1, -0.05) is 33.6 Å². The summed E-state index contributed by atoms with van der Waals surface area (Å²) in [5.41, 5.74) is 6.67. The van der Waals surface area contributed by atoms with Crippen molar-refractivity contribution in [3.05, 3.63) is 11.9 Å². The van der Waals surface area contributed by atoms with Gasteiger partial charge in [0.25, 0.3) is 0 Å². The monoisotopic (exact) mass is 530 g/mol. The number of carbonyl (C=O) groups is 2. The second-order valence-electron chi connectivity index (χ2n) is 10.1. The predicted octanol–water partition coefficient (Wildman–Crippen LogP) is 2.30. The molecule has 10 nitrogen and oxygen atoms in total. The molecule has 3 unspecified atom stereocenters. The molecular formula is C25H50N6O4S. The molecule has 36 heavy (non-hydrogen) atoms. The van der Waals surface area contributed by atoms with Crippen LogP contribution in [0.1, 0.15) is 66.7 Å². The second-order valence-corrected chi connectivity index (χ2v) is 11.1. The maximum Gasteiger partial charge on any atom is 0.315 e. The van der Waals surface area contributed by atoms with Crippen molar-refractivity contribution in [1.82, 2.24) is 21.0 Å². The van der Waals surface area contributed by atoms with E-state index in [2.05, 4.69) is 50.6 Å². The number of rotatable bonds is 16. The summed E-state index contributed by atoms with van der Waals surface area (Å²) in [6.07, 6.45) is 6.27. The molecule has 0 aromatic rings. The van der Waals surface area contributed by atoms with Crippen molar-refractivity contribution in [1.29, 1.82) is 0 Å². The minimum Gasteiger partial charge on any atom is -0.401 e. The molecule has 3 amide bonds. The van der Waals surface area contributed by atoms with Crippen molar-refractivity contribution < 1.29 is 19.1 Å². The normalized spacial score (nSPS) is 23.7. The van der Waals surface area contributed by atoms with Crippen LogP contribution in [-0.4, -0.2) is 79.0 Å². The van der Waals surface area contributed by atoms with Gasteiger partial charge in [-0.25, -0.2) is 10.6 Å². The van der Waals surface area contributed by atoms with Gasteiger partial charge in [0.05, 0.1) is 44.1 Å². The van der Waals surface area contributed by atoms with Gasteiger partial charge in [0.15, 0.2) is 0 Å². The van der Waals surface area contributed by atoms with Gasteiger partial charge in [0.1, 0.15) is 0 Å². The molecule has 0 radical (unpaired) electrons. The van der Waals surface area contributed by atoms with Gasteiger partial charge in [-0.3, -0.25) is 4.79 Å². The summed E-state index contributed by atoms with van der Waals surface area (Å²) in [5, 5.41) is 10.3. The highest BCUT2D eigenvalue weighted by molar-refractivity contribution is 7.99. The van der Waals surface area contributed by atoms with E-state index in [1.54, 1.807) is 11.2 Å². The summed E-state index contributed by atoms with van der Waals surface area (Å²) in [6.45, 7) is 13.7. The topological polar surface area (TPSA) is 144 Å². The number of nitrogens with one attached hydrogen (secondary N) is 3. The van der Waals surface area contributed by atoms with E-state index in [-0.39, 0.29) is 23.0 Å². The van der Waals surface area contributed by atoms with Gasteiger partial charge in [-0.05, 0) is 32.6 Å². The number of hydrogen-bond donors (Lipinski definition) is 5. The Bertz CT molecular complexity index is 677. The number of nitrogens with two attached hydrogens (primary N) is 2. The average molecular weight is 531 g/mol. The lowest BCUT2D eigenvalue weighted by Gasteiger charge is -2.30. The summed E-state index contributed by atoms with van der Waals surface area (Å²) < 4.78 is 10.9. The van der Waals surface area contributed by atoms with E-state index >= 15 is 0 Å². The number of amides is 3. The molecule has 210 valence electrons. The first kappa shape index (κ1) is 32.3. The number of ether oxygens (including phenoxy) is 2. The van der Waals surface area contributed by atoms with Crippen LogP contribution in [0.15, 0.2) is 11.9 Å². The average Bonchev–Trinajstić information content (AvgIpc) is 3.21. The van der Waals surface area contributed by atoms with Crippen molar-refractivity contribution in [2.45, 2.75) is 77.8 Å². The summed E-state index contributed by atoms with van der Waals surface area (Å²) in [6, 6.07) is -0.0182. The van der Waals surface area contributed by atoms with E-state index in [1.165, 1.54) is 0 Å². The number of urea groups is 1. The molecule has 0 aromatic heterocycles. The summed E-state index contributed by atoms with van der Waals surface area (Å²) in [4.78, 5) is 22.4. The third-order valence-electron chi connectivity index (χ3n) is 6.58. The molecule has 7 N–H and O–H groups in total. The molecule has 2 fully saturated rings. The number of allylic oxidation sites excluding steroid dienone is 1. The fraction of sp³-hybridized carbons (Fsp3) is 0.840. The van der Waals surface area contributed by atoms with E-state index in [0.29, 0.717) is 51.9 Å². The number of thioether (sulfide) groups is 1. The highest BCUT2D eigenvalue weighted by Crippen LogP contribution is 2.39. The number of nitrogens with zero attached hydrogens (tertiary/aromatic N) is 1. The molecular weight excluding hydrogens is 480 g/mol. The molecule has 11 heteroatoms. The zero-order chi connectivity index (χ0) is 27.0. The molecule has 2 aliphatic rings. The summed E-state index contributed by atoms with van der Waals surface area (Å²) in [5.74, 6) is 8.55. The number of hydrogen-bond acceptors (Lipinski definition) is 8. The van der Waals surface area contributed by atoms with E-state index in [0.717, 1.165) is 42.9 Å². The van der Waals surface area contributed by atoms with Crippen LogP contribution in [0, 0.1) is 5.92 Å². The Kier molecular flexibility index (Phi) is 15.2. The van der Waals surface area contributed by atoms with E-state index in [9.17, 15) is 9.59 Å². The molecule has 2 saturated heterocycles. The number of hydrazine groups is 1. The molecule has 2 rings (SSSR count). The summed E-state index contributed by atoms with van der Waals surface area (Å²) in [7, 11) is 0. The minimum absolute atomic E-state index is 0.0182. The molecule has 0 spiro atoms. The molecule has 0 aromatic carbocycles. The largest absolute Gasteiger partial charge is 0.401 e. The van der Waals surface area contributed by atoms with Crippen LogP contribution < -0.4 is 27.5 Å². The highest BCUT2D eigenvalue weighted by Gasteiger charge is 2.55. The third-order valence-corrected chi connectivity index (χ3v) is 8.15. The lowest BCUT2D eigenvalue weighted by atomic mass is 9.85. The van der Waals surface area contributed by atoms with Gasteiger partial charge >= 0.3 is 6.03 Å². The number of unbranched alkanes of at least 4 members (excludes halogenated alkanes) is 1. The van der Waals surface area contributed by atoms with E-state index in [4.69, 9.17) is 21.1 Å². The Balaban J connectivity index is 0.000000479. The van der Waals surface area contributed by atoms with Gasteiger partial charge in [-0.15, -0.1) is 0 Å². The second kappa shape index (κ2) is 16.9. The lowest BCUT2D eigenvalue weighted by Crippen LogP contribution is -2.55. The molecule has 0 saturated carbocycles. The van der Waals surface area contributed by atoms with Crippen molar-refractivity contribution in [3.8, 4) is 0 Å². The van der Waals surface area contributed by atoms with Gasteiger partial charge < -0.3 is 36.2 Å². The first-order chi connectivity index (χ1) is 17.0. The Hall–Kier alpha value is -1.69. The van der Waals surface area contributed by atoms with Crippen molar-refractivity contribution in [2.24, 2.45) is 17.5 Å². The number of carbonyl (C=O) groups excluding carboxylic acids is 2. The van der Waals surface area contributed by atoms with Crippen LogP contribution in [0.3, 0.4) is 0 Å². The maximum atomic E-state index is 11.4. The SMILES string of the molecule is CC12CSCC1(C)NC(=O)N2.CCCCC(=O)NCCOCCOCCN(N)/C=C(\N)CC(C)CC. The zero-order valence-corrected chi connectivity index (χ0v) is 23.8. The summed E-state index contributed by atoms with van der Waals surface area (Å²) >= 11 is 1.89. The molecule has 2 heterocycles. The Morgan fingerprint density at radius 2 is 1.78 bits per heavy atom. The zero-order valence-electron chi connectivity index (χ0n) is 23.0. The van der Waals surface area contributed by atoms with Gasteiger partial charge in [0, 0.05) is 36.4 Å². The van der Waals surface area contributed by atoms with Crippen LogP contribution in [0.4, 0.5) is 4.79 Å². The van der Waals surface area contributed by atoms with Crippen LogP contribution in [0.25, 0.3) is 0 Å². The molecule has 2 aliphatic heterocycles. The standard InChI is InChI=1S/C18H38N4O3.C7H12N2OS/c1-4-6-7-18(23)21-8-10-24-12-13-25-11-9-22(20)15-17(19)14-16(3)5-2;1-6-3-11-4-7(6,2)9-5(10)8-6/h15-16H,4-14,19-20H2,1-3H3,(H,21,23);3-4H2,1-2H3,(H2,8,9,10)/b17-15-;. The lowest BCUT2D eigenvalue weighted by molar-refractivity contribution is -0.121. The minimum atomic E-state index is -0.0330. The fourth-order valence-corrected chi connectivity index (χ4v) is 5.42. The van der Waals surface area contributed by atoms with Crippen LogP contribution in [0.2, 0.25) is 0 Å². The number of fused-ring (bicyclic) bond motifs is 1. The highest BCUT2D eigenvalue weighted by atomic mass is 32.2. The molecule has 0 aliphatic carbocycles. The van der Waals surface area contributed by atoms with Crippen LogP contribution in [0.5, 0.6) is 0 Å². The van der Waals surface area contributed by atoms with Crippen molar-refractivity contribution >= 4 is 23.7 Å². The molecule has 0 bridgehead atoms. The van der Waals surface area contributed by atoms with E-state index in [1.807, 2.05) is 11.8 Å². The Labute approximate surface area is 222 Å². The van der Waals surface area contributed by atoms with Gasteiger partial charge in [0.2, 0.25) is 5.91 Å². The Morgan fingerprint density at radius 3 is 2.36 bits per heavy atom. The van der Waals surface area contributed by atoms with Crippen molar-refractivity contribution in [3.63, 3.8) is 0 Å². The third kappa shape index (κ3) is 12.0. The van der Waals surface area contributed by atoms with Crippen LogP contribution >= 0.6 is 11.8 Å². The van der Waals surface area contributed by atoms with Gasteiger partial charge in [-0.2, -0.15) is 11.8 Å². The van der Waals surface area contributed by atoms with Crippen LogP contribution in [-0.2, 0) is 14.3 Å². The first-order valence-electron chi connectivity index (χ1n) is 13.1.